The Morgan fingerprint density at radius 2 is 2.00 bits per heavy atom. The van der Waals surface area contributed by atoms with E-state index >= 15 is 0 Å². The average Bonchev–Trinajstić information content (AvgIpc) is 3.18. The summed E-state index contributed by atoms with van der Waals surface area (Å²) in [7, 11) is 0. The summed E-state index contributed by atoms with van der Waals surface area (Å²) < 4.78 is 1.86. The Labute approximate surface area is 133 Å². The van der Waals surface area contributed by atoms with E-state index in [1.807, 2.05) is 16.8 Å². The average molecular weight is 320 g/mol. The van der Waals surface area contributed by atoms with Crippen LogP contribution in [-0.2, 0) is 17.8 Å². The number of rotatable bonds is 5. The molecule has 0 saturated heterocycles. The van der Waals surface area contributed by atoms with Crippen molar-refractivity contribution in [3.63, 3.8) is 0 Å². The van der Waals surface area contributed by atoms with Crippen LogP contribution in [0.25, 0.3) is 0 Å². The summed E-state index contributed by atoms with van der Waals surface area (Å²) in [5, 5.41) is 15.4. The molecule has 0 radical (unpaired) electrons. The quantitative estimate of drug-likeness (QED) is 0.917. The molecule has 7 heteroatoms. The number of amides is 1. The molecule has 0 bridgehead atoms. The van der Waals surface area contributed by atoms with Crippen LogP contribution in [0.5, 0.6) is 0 Å². The molecule has 3 rings (SSSR count). The standard InChI is InChI=1S/C15H18ClN5O/c16-12-7-5-11(6-8-12)9-15(22)17-10-14-18-19-20-21(14)13-3-1-2-4-13/h5-8,13H,1-4,9-10H2,(H,17,22). The summed E-state index contributed by atoms with van der Waals surface area (Å²) in [6, 6.07) is 7.64. The number of nitrogens with zero attached hydrogens (tertiary/aromatic N) is 4. The predicted octanol–water partition coefficient (Wildman–Crippen LogP) is 2.30. The number of carbonyl (C=O) groups excluding carboxylic acids is 1. The van der Waals surface area contributed by atoms with Gasteiger partial charge in [-0.05, 0) is 41.0 Å². The van der Waals surface area contributed by atoms with Crippen LogP contribution >= 0.6 is 11.6 Å². The first kappa shape index (κ1) is 15.0. The van der Waals surface area contributed by atoms with Gasteiger partial charge >= 0.3 is 0 Å². The molecular formula is C15H18ClN5O. The fourth-order valence-electron chi connectivity index (χ4n) is 2.79. The number of tetrazole rings is 1. The first-order valence-electron chi connectivity index (χ1n) is 7.50. The SMILES string of the molecule is O=C(Cc1ccc(Cl)cc1)NCc1nnnn1C1CCCC1. The molecule has 0 unspecified atom stereocenters. The van der Waals surface area contributed by atoms with E-state index in [1.54, 1.807) is 12.1 Å². The fourth-order valence-corrected chi connectivity index (χ4v) is 2.91. The molecule has 116 valence electrons. The van der Waals surface area contributed by atoms with E-state index in [0.717, 1.165) is 24.2 Å². The van der Waals surface area contributed by atoms with Crippen LogP contribution in [0, 0.1) is 0 Å². The number of aromatic nitrogens is 4. The lowest BCUT2D eigenvalue weighted by molar-refractivity contribution is -0.120. The third-order valence-electron chi connectivity index (χ3n) is 3.95. The van der Waals surface area contributed by atoms with Gasteiger partial charge in [0.25, 0.3) is 0 Å². The minimum Gasteiger partial charge on any atom is -0.348 e. The summed E-state index contributed by atoms with van der Waals surface area (Å²) in [6.45, 7) is 0.357. The second-order valence-corrected chi connectivity index (χ2v) is 5.99. The molecule has 22 heavy (non-hydrogen) atoms. The molecule has 0 spiro atoms. The molecule has 0 aliphatic heterocycles. The highest BCUT2D eigenvalue weighted by molar-refractivity contribution is 6.30. The lowest BCUT2D eigenvalue weighted by atomic mass is 10.1. The maximum absolute atomic E-state index is 12.0. The summed E-state index contributed by atoms with van der Waals surface area (Å²) in [4.78, 5) is 12.0. The number of benzene rings is 1. The van der Waals surface area contributed by atoms with Crippen LogP contribution in [-0.4, -0.2) is 26.1 Å². The number of hydrogen-bond donors (Lipinski definition) is 1. The molecule has 1 aromatic heterocycles. The third kappa shape index (κ3) is 3.62. The van der Waals surface area contributed by atoms with E-state index in [2.05, 4.69) is 20.8 Å². The van der Waals surface area contributed by atoms with Crippen LogP contribution < -0.4 is 5.32 Å². The zero-order valence-electron chi connectivity index (χ0n) is 12.2. The second-order valence-electron chi connectivity index (χ2n) is 5.56. The molecule has 1 N–H and O–H groups in total. The Morgan fingerprint density at radius 3 is 2.73 bits per heavy atom. The van der Waals surface area contributed by atoms with E-state index in [-0.39, 0.29) is 5.91 Å². The van der Waals surface area contributed by atoms with E-state index < -0.39 is 0 Å². The highest BCUT2D eigenvalue weighted by Crippen LogP contribution is 2.28. The summed E-state index contributed by atoms with van der Waals surface area (Å²) in [6.07, 6.45) is 4.97. The second kappa shape index (κ2) is 6.87. The highest BCUT2D eigenvalue weighted by Gasteiger charge is 2.21. The molecule has 1 aliphatic rings. The molecule has 1 aliphatic carbocycles. The maximum Gasteiger partial charge on any atom is 0.224 e. The lowest BCUT2D eigenvalue weighted by Crippen LogP contribution is -2.27. The first-order chi connectivity index (χ1) is 10.7. The van der Waals surface area contributed by atoms with Gasteiger partial charge < -0.3 is 5.32 Å². The first-order valence-corrected chi connectivity index (χ1v) is 7.88. The number of carbonyl (C=O) groups is 1. The van der Waals surface area contributed by atoms with E-state index in [0.29, 0.717) is 24.0 Å². The van der Waals surface area contributed by atoms with Gasteiger partial charge in [-0.2, -0.15) is 0 Å². The smallest absolute Gasteiger partial charge is 0.224 e. The molecule has 1 amide bonds. The van der Waals surface area contributed by atoms with Gasteiger partial charge in [-0.3, -0.25) is 4.79 Å². The van der Waals surface area contributed by atoms with Crippen LogP contribution in [0.1, 0.15) is 43.1 Å². The Bertz CT molecular complexity index is 634. The van der Waals surface area contributed by atoms with E-state index in [1.165, 1.54) is 12.8 Å². The van der Waals surface area contributed by atoms with Crippen molar-refractivity contribution in [2.24, 2.45) is 0 Å². The number of hydrogen-bond acceptors (Lipinski definition) is 4. The van der Waals surface area contributed by atoms with Crippen LogP contribution in [0.3, 0.4) is 0 Å². The number of nitrogens with one attached hydrogen (secondary N) is 1. The number of halogens is 1. The Balaban J connectivity index is 1.55. The Kier molecular flexibility index (Phi) is 4.68. The fraction of sp³-hybridized carbons (Fsp3) is 0.467. The Morgan fingerprint density at radius 1 is 1.27 bits per heavy atom. The summed E-state index contributed by atoms with van der Waals surface area (Å²) in [5.74, 6) is 0.666. The maximum atomic E-state index is 12.0. The van der Waals surface area contributed by atoms with Crippen molar-refractivity contribution in [3.05, 3.63) is 40.7 Å². The van der Waals surface area contributed by atoms with Crippen molar-refractivity contribution >= 4 is 17.5 Å². The zero-order chi connectivity index (χ0) is 15.4. The minimum atomic E-state index is -0.0525. The lowest BCUT2D eigenvalue weighted by Gasteiger charge is -2.11. The van der Waals surface area contributed by atoms with Gasteiger partial charge in [0.05, 0.1) is 19.0 Å². The van der Waals surface area contributed by atoms with Crippen LogP contribution in [0.15, 0.2) is 24.3 Å². The Hall–Kier alpha value is -1.95. The van der Waals surface area contributed by atoms with Gasteiger partial charge in [0, 0.05) is 5.02 Å². The minimum absolute atomic E-state index is 0.0525. The van der Waals surface area contributed by atoms with Crippen molar-refractivity contribution in [1.29, 1.82) is 0 Å². The van der Waals surface area contributed by atoms with Crippen molar-refractivity contribution in [2.45, 2.75) is 44.7 Å². The van der Waals surface area contributed by atoms with Crippen molar-refractivity contribution in [2.75, 3.05) is 0 Å². The monoisotopic (exact) mass is 319 g/mol. The molecule has 6 nitrogen and oxygen atoms in total. The predicted molar refractivity (Wildman–Crippen MR) is 82.3 cm³/mol. The van der Waals surface area contributed by atoms with Crippen molar-refractivity contribution in [1.82, 2.24) is 25.5 Å². The van der Waals surface area contributed by atoms with Gasteiger partial charge in [0.2, 0.25) is 5.91 Å². The third-order valence-corrected chi connectivity index (χ3v) is 4.21. The molecule has 1 heterocycles. The summed E-state index contributed by atoms with van der Waals surface area (Å²) in [5.41, 5.74) is 0.928. The summed E-state index contributed by atoms with van der Waals surface area (Å²) >= 11 is 5.83. The van der Waals surface area contributed by atoms with Crippen LogP contribution in [0.2, 0.25) is 5.02 Å². The zero-order valence-corrected chi connectivity index (χ0v) is 13.0. The molecule has 2 aromatic rings. The van der Waals surface area contributed by atoms with Gasteiger partial charge in [-0.15, -0.1) is 5.10 Å². The van der Waals surface area contributed by atoms with Crippen molar-refractivity contribution in [3.8, 4) is 0 Å². The van der Waals surface area contributed by atoms with E-state index in [4.69, 9.17) is 11.6 Å². The van der Waals surface area contributed by atoms with E-state index in [9.17, 15) is 4.79 Å². The molecule has 1 aromatic carbocycles. The molecule has 1 fully saturated rings. The largest absolute Gasteiger partial charge is 0.348 e. The molecule has 1 saturated carbocycles. The topological polar surface area (TPSA) is 72.7 Å². The van der Waals surface area contributed by atoms with Gasteiger partial charge in [-0.1, -0.05) is 36.6 Å². The van der Waals surface area contributed by atoms with Gasteiger partial charge in [0.1, 0.15) is 0 Å². The van der Waals surface area contributed by atoms with Crippen molar-refractivity contribution < 1.29 is 4.79 Å². The molecular weight excluding hydrogens is 302 g/mol. The van der Waals surface area contributed by atoms with Gasteiger partial charge in [-0.25, -0.2) is 4.68 Å². The normalized spacial score (nSPS) is 15.1. The highest BCUT2D eigenvalue weighted by atomic mass is 35.5. The molecule has 0 atom stereocenters. The van der Waals surface area contributed by atoms with Crippen LogP contribution in [0.4, 0.5) is 0 Å². The van der Waals surface area contributed by atoms with Gasteiger partial charge in [0.15, 0.2) is 5.82 Å².